The number of aliphatic hydroxyl groups excluding tert-OH is 1. The van der Waals surface area contributed by atoms with Crippen molar-refractivity contribution in [2.24, 2.45) is 0 Å². The van der Waals surface area contributed by atoms with Crippen molar-refractivity contribution in [1.29, 1.82) is 0 Å². The van der Waals surface area contributed by atoms with E-state index < -0.39 is 5.54 Å². The van der Waals surface area contributed by atoms with Gasteiger partial charge in [-0.2, -0.15) is 0 Å². The maximum Gasteiger partial charge on any atom is 0.141 e. The molecule has 1 aromatic heterocycles. The zero-order valence-electron chi connectivity index (χ0n) is 11.3. The highest BCUT2D eigenvalue weighted by Gasteiger charge is 2.30. The van der Waals surface area contributed by atoms with Crippen LogP contribution < -0.4 is 5.32 Å². The van der Waals surface area contributed by atoms with E-state index in [-0.39, 0.29) is 12.4 Å². The minimum absolute atomic E-state index is 0.0600. The van der Waals surface area contributed by atoms with Crippen molar-refractivity contribution >= 4 is 0 Å². The fourth-order valence-electron chi connectivity index (χ4n) is 1.82. The second-order valence-electron chi connectivity index (χ2n) is 4.69. The molecule has 18 heavy (non-hydrogen) atoms. The van der Waals surface area contributed by atoms with Gasteiger partial charge < -0.3 is 15.3 Å². The molecule has 0 saturated carbocycles. The van der Waals surface area contributed by atoms with Crippen molar-refractivity contribution in [3.8, 4) is 0 Å². The highest BCUT2D eigenvalue weighted by atomic mass is 19.1. The van der Waals surface area contributed by atoms with Crippen LogP contribution in [0.25, 0.3) is 0 Å². The predicted molar refractivity (Wildman–Crippen MR) is 69.8 cm³/mol. The van der Waals surface area contributed by atoms with Crippen LogP contribution in [0.2, 0.25) is 0 Å². The Bertz CT molecular complexity index is 350. The summed E-state index contributed by atoms with van der Waals surface area (Å²) in [5, 5.41) is 13.0. The molecule has 0 aliphatic carbocycles. The van der Waals surface area contributed by atoms with Crippen molar-refractivity contribution in [2.45, 2.75) is 18.9 Å². The molecule has 1 atom stereocenters. The first-order valence-corrected chi connectivity index (χ1v) is 6.16. The van der Waals surface area contributed by atoms with Crippen LogP contribution in [0, 0.1) is 5.82 Å². The van der Waals surface area contributed by atoms with Crippen LogP contribution in [0.1, 0.15) is 19.0 Å². The largest absolute Gasteiger partial charge is 0.394 e. The van der Waals surface area contributed by atoms with E-state index in [1.54, 1.807) is 6.07 Å². The molecule has 1 unspecified atom stereocenters. The Kier molecular flexibility index (Phi) is 5.65. The summed E-state index contributed by atoms with van der Waals surface area (Å²) in [6.07, 6.45) is 1.87. The summed E-state index contributed by atoms with van der Waals surface area (Å²) in [4.78, 5) is 6.14. The monoisotopic (exact) mass is 255 g/mol. The zero-order valence-corrected chi connectivity index (χ0v) is 11.3. The SMILES string of the molecule is CCC(CO)(NCCN(C)C)c1ccc(F)cn1. The number of likely N-dealkylation sites (N-methyl/N-ethyl adjacent to an activating group) is 1. The van der Waals surface area contributed by atoms with Crippen LogP contribution in [0.4, 0.5) is 4.39 Å². The third-order valence-corrected chi connectivity index (χ3v) is 3.11. The quantitative estimate of drug-likeness (QED) is 0.762. The molecule has 0 saturated heterocycles. The molecular weight excluding hydrogens is 233 g/mol. The lowest BCUT2D eigenvalue weighted by molar-refractivity contribution is 0.148. The van der Waals surface area contributed by atoms with Gasteiger partial charge in [0.1, 0.15) is 5.82 Å². The average Bonchev–Trinajstić information content (AvgIpc) is 2.36. The summed E-state index contributed by atoms with van der Waals surface area (Å²) in [6, 6.07) is 2.99. The van der Waals surface area contributed by atoms with Crippen LogP contribution in [0.15, 0.2) is 18.3 Å². The Balaban J connectivity index is 2.81. The van der Waals surface area contributed by atoms with Crippen molar-refractivity contribution in [3.05, 3.63) is 29.8 Å². The van der Waals surface area contributed by atoms with Gasteiger partial charge in [0, 0.05) is 13.1 Å². The van der Waals surface area contributed by atoms with Gasteiger partial charge in [0.25, 0.3) is 0 Å². The standard InChI is InChI=1S/C13H22FN3O/c1-4-13(10-18,16-7-8-17(2)3)12-6-5-11(14)9-15-12/h5-6,9,16,18H,4,7-8,10H2,1-3H3. The third kappa shape index (κ3) is 3.73. The van der Waals surface area contributed by atoms with E-state index in [2.05, 4.69) is 15.2 Å². The lowest BCUT2D eigenvalue weighted by Crippen LogP contribution is -2.48. The topological polar surface area (TPSA) is 48.4 Å². The summed E-state index contributed by atoms with van der Waals surface area (Å²) in [6.45, 7) is 3.52. The molecule has 0 fully saturated rings. The molecule has 0 aliphatic heterocycles. The second-order valence-corrected chi connectivity index (χ2v) is 4.69. The van der Waals surface area contributed by atoms with Gasteiger partial charge in [-0.25, -0.2) is 4.39 Å². The molecule has 1 aromatic rings. The molecule has 5 heteroatoms. The maximum atomic E-state index is 12.9. The van der Waals surface area contributed by atoms with Gasteiger partial charge in [0.2, 0.25) is 0 Å². The van der Waals surface area contributed by atoms with Gasteiger partial charge >= 0.3 is 0 Å². The average molecular weight is 255 g/mol. The van der Waals surface area contributed by atoms with Crippen molar-refractivity contribution < 1.29 is 9.50 Å². The number of aromatic nitrogens is 1. The molecule has 0 radical (unpaired) electrons. The van der Waals surface area contributed by atoms with Crippen LogP contribution >= 0.6 is 0 Å². The van der Waals surface area contributed by atoms with Crippen molar-refractivity contribution in [2.75, 3.05) is 33.8 Å². The summed E-state index contributed by atoms with van der Waals surface area (Å²) in [5.74, 6) is -0.366. The van der Waals surface area contributed by atoms with Crippen molar-refractivity contribution in [1.82, 2.24) is 15.2 Å². The summed E-state index contributed by atoms with van der Waals surface area (Å²) in [7, 11) is 3.98. The summed E-state index contributed by atoms with van der Waals surface area (Å²) < 4.78 is 12.9. The van der Waals surface area contributed by atoms with Gasteiger partial charge in [-0.1, -0.05) is 6.92 Å². The molecule has 0 spiro atoms. The third-order valence-electron chi connectivity index (χ3n) is 3.11. The van der Waals surface area contributed by atoms with E-state index in [1.807, 2.05) is 21.0 Å². The lowest BCUT2D eigenvalue weighted by Gasteiger charge is -2.32. The van der Waals surface area contributed by atoms with Crippen LogP contribution in [-0.2, 0) is 5.54 Å². The number of nitrogens with zero attached hydrogens (tertiary/aromatic N) is 2. The van der Waals surface area contributed by atoms with Crippen LogP contribution in [0.5, 0.6) is 0 Å². The number of aliphatic hydroxyl groups is 1. The smallest absolute Gasteiger partial charge is 0.141 e. The molecule has 102 valence electrons. The van der Waals surface area contributed by atoms with Crippen LogP contribution in [0.3, 0.4) is 0 Å². The lowest BCUT2D eigenvalue weighted by atomic mass is 9.92. The van der Waals surface area contributed by atoms with E-state index >= 15 is 0 Å². The minimum atomic E-state index is -0.594. The van der Waals surface area contributed by atoms with Crippen LogP contribution in [-0.4, -0.2) is 48.8 Å². The Morgan fingerprint density at radius 2 is 2.17 bits per heavy atom. The Morgan fingerprint density at radius 3 is 2.61 bits per heavy atom. The van der Waals surface area contributed by atoms with E-state index in [1.165, 1.54) is 12.3 Å². The molecule has 1 rings (SSSR count). The van der Waals surface area contributed by atoms with Gasteiger partial charge in [0.05, 0.1) is 24.0 Å². The highest BCUT2D eigenvalue weighted by Crippen LogP contribution is 2.22. The number of pyridine rings is 1. The van der Waals surface area contributed by atoms with E-state index in [9.17, 15) is 9.50 Å². The first-order chi connectivity index (χ1) is 8.54. The fraction of sp³-hybridized carbons (Fsp3) is 0.615. The Hall–Kier alpha value is -1.04. The Labute approximate surface area is 108 Å². The van der Waals surface area contributed by atoms with E-state index in [0.29, 0.717) is 12.1 Å². The first kappa shape index (κ1) is 15.0. The normalized spacial score (nSPS) is 14.8. The second kappa shape index (κ2) is 6.78. The number of hydrogen-bond donors (Lipinski definition) is 2. The van der Waals surface area contributed by atoms with Gasteiger partial charge in [-0.05, 0) is 32.6 Å². The number of hydrogen-bond acceptors (Lipinski definition) is 4. The molecule has 0 aliphatic rings. The van der Waals surface area contributed by atoms with Gasteiger partial charge in [0.15, 0.2) is 0 Å². The van der Waals surface area contributed by atoms with Gasteiger partial charge in [-0.3, -0.25) is 4.98 Å². The van der Waals surface area contributed by atoms with Crippen molar-refractivity contribution in [3.63, 3.8) is 0 Å². The summed E-state index contributed by atoms with van der Waals surface area (Å²) >= 11 is 0. The predicted octanol–water partition coefficient (Wildman–Crippen LogP) is 0.969. The molecule has 0 aromatic carbocycles. The number of rotatable bonds is 7. The van der Waals surface area contributed by atoms with E-state index in [0.717, 1.165) is 13.1 Å². The molecule has 4 nitrogen and oxygen atoms in total. The first-order valence-electron chi connectivity index (χ1n) is 6.16. The molecular formula is C13H22FN3O. The molecule has 1 heterocycles. The summed E-state index contributed by atoms with van der Waals surface area (Å²) in [5.41, 5.74) is 0.0802. The highest BCUT2D eigenvalue weighted by molar-refractivity contribution is 5.16. The fourth-order valence-corrected chi connectivity index (χ4v) is 1.82. The number of halogens is 1. The van der Waals surface area contributed by atoms with E-state index in [4.69, 9.17) is 0 Å². The molecule has 0 bridgehead atoms. The maximum absolute atomic E-state index is 12.9. The Morgan fingerprint density at radius 1 is 1.44 bits per heavy atom. The number of nitrogens with one attached hydrogen (secondary N) is 1. The molecule has 0 amide bonds. The zero-order chi connectivity index (χ0) is 13.6. The molecule has 2 N–H and O–H groups in total. The minimum Gasteiger partial charge on any atom is -0.394 e. The van der Waals surface area contributed by atoms with Gasteiger partial charge in [-0.15, -0.1) is 0 Å².